The summed E-state index contributed by atoms with van der Waals surface area (Å²) in [5, 5.41) is 1.32. The van der Waals surface area contributed by atoms with Crippen molar-refractivity contribution in [1.29, 1.82) is 0 Å². The van der Waals surface area contributed by atoms with E-state index in [-0.39, 0.29) is 10.8 Å². The van der Waals surface area contributed by atoms with Crippen LogP contribution >= 0.6 is 11.3 Å². The van der Waals surface area contributed by atoms with Gasteiger partial charge in [0.05, 0.1) is 10.4 Å². The highest BCUT2D eigenvalue weighted by molar-refractivity contribution is 7.20. The van der Waals surface area contributed by atoms with Gasteiger partial charge < -0.3 is 4.90 Å². The van der Waals surface area contributed by atoms with Gasteiger partial charge in [-0.3, -0.25) is 0 Å². The second kappa shape index (κ2) is 14.3. The van der Waals surface area contributed by atoms with E-state index in [1.54, 1.807) is 0 Å². The molecule has 3 unspecified atom stereocenters. The summed E-state index contributed by atoms with van der Waals surface area (Å²) < 4.78 is 1.32. The first-order chi connectivity index (χ1) is 25.6. The van der Waals surface area contributed by atoms with Crippen molar-refractivity contribution in [2.45, 2.75) is 53.9 Å². The Bertz CT molecular complexity index is 2340. The summed E-state index contributed by atoms with van der Waals surface area (Å²) in [6, 6.07) is 22.5. The molecule has 3 atom stereocenters. The molecule has 266 valence electrons. The molecule has 0 radical (unpaired) electrons. The number of thiophene rings is 1. The van der Waals surface area contributed by atoms with Crippen molar-refractivity contribution in [1.82, 2.24) is 0 Å². The normalized spacial score (nSPS) is 22.0. The quantitative estimate of drug-likeness (QED) is 0.148. The molecule has 2 heteroatoms. The van der Waals surface area contributed by atoms with Crippen LogP contribution in [0, 0.1) is 23.7 Å². The minimum Gasteiger partial charge on any atom is -0.309 e. The Morgan fingerprint density at radius 1 is 0.887 bits per heavy atom. The maximum absolute atomic E-state index is 4.09. The highest BCUT2D eigenvalue weighted by atomic mass is 32.1. The molecule has 1 aromatic heterocycles. The molecular weight excluding hydrogens is 659 g/mol. The molecule has 3 aliphatic rings. The second-order valence-electron chi connectivity index (χ2n) is 15.2. The van der Waals surface area contributed by atoms with Crippen LogP contribution in [-0.2, 0) is 0 Å². The molecule has 3 aliphatic carbocycles. The van der Waals surface area contributed by atoms with Crippen LogP contribution in [0.1, 0.15) is 68.5 Å². The van der Waals surface area contributed by atoms with E-state index in [2.05, 4.69) is 182 Å². The minimum absolute atomic E-state index is 0.0203. The third kappa shape index (κ3) is 5.94. The molecule has 1 nitrogen and oxygen atoms in total. The van der Waals surface area contributed by atoms with Gasteiger partial charge in [0.25, 0.3) is 0 Å². The average molecular weight is 710 g/mol. The number of rotatable bonds is 10. The lowest BCUT2D eigenvalue weighted by Crippen LogP contribution is -2.35. The van der Waals surface area contributed by atoms with E-state index in [1.807, 2.05) is 35.6 Å². The third-order valence-corrected chi connectivity index (χ3v) is 13.6. The summed E-state index contributed by atoms with van der Waals surface area (Å²) in [5.74, 6) is 0.640. The fourth-order valence-corrected chi connectivity index (χ4v) is 10.6. The van der Waals surface area contributed by atoms with Crippen molar-refractivity contribution in [2.24, 2.45) is 16.7 Å². The van der Waals surface area contributed by atoms with Crippen molar-refractivity contribution in [2.75, 3.05) is 4.90 Å². The molecule has 1 heterocycles. The number of hydrogen-bond donors (Lipinski definition) is 0. The van der Waals surface area contributed by atoms with E-state index in [9.17, 15) is 0 Å². The molecule has 0 N–H and O–H groups in total. The van der Waals surface area contributed by atoms with E-state index in [4.69, 9.17) is 0 Å². The van der Waals surface area contributed by atoms with E-state index in [0.29, 0.717) is 11.8 Å². The van der Waals surface area contributed by atoms with Crippen LogP contribution in [0.2, 0.25) is 0 Å². The molecule has 0 amide bonds. The SMILES string of the molecule is C=C/C=C\C1=C(C)C2c3sc4c(N(C5=CCC(/C(C=C)=C/C)C=C5)c5ccc(-c6cccc(/C=C\C=C)c6C)cc5)cccc4c3C=CC2(C)C1(C)C. The van der Waals surface area contributed by atoms with Gasteiger partial charge in [-0.05, 0) is 95.8 Å². The molecular formula is C51H51NS. The Balaban J connectivity index is 1.37. The average Bonchev–Trinajstić information content (AvgIpc) is 3.61. The van der Waals surface area contributed by atoms with Gasteiger partial charge in [-0.15, -0.1) is 11.3 Å². The zero-order chi connectivity index (χ0) is 37.5. The number of allylic oxidation sites excluding steroid dienone is 14. The molecule has 0 aliphatic heterocycles. The topological polar surface area (TPSA) is 3.24 Å². The number of nitrogens with zero attached hydrogens (tertiary/aromatic N) is 1. The number of benzene rings is 3. The fourth-order valence-electron chi connectivity index (χ4n) is 9.03. The zero-order valence-electron chi connectivity index (χ0n) is 32.1. The predicted octanol–water partition coefficient (Wildman–Crippen LogP) is 15.0. The lowest BCUT2D eigenvalue weighted by molar-refractivity contribution is 0.198. The van der Waals surface area contributed by atoms with Gasteiger partial charge in [0.1, 0.15) is 0 Å². The Morgan fingerprint density at radius 3 is 2.30 bits per heavy atom. The van der Waals surface area contributed by atoms with Gasteiger partial charge in [-0.2, -0.15) is 0 Å². The monoisotopic (exact) mass is 709 g/mol. The van der Waals surface area contributed by atoms with Crippen LogP contribution in [0.3, 0.4) is 0 Å². The summed E-state index contributed by atoms with van der Waals surface area (Å²) in [4.78, 5) is 3.95. The lowest BCUT2D eigenvalue weighted by atomic mass is 9.60. The molecule has 0 saturated heterocycles. The van der Waals surface area contributed by atoms with E-state index in [1.165, 1.54) is 70.9 Å². The van der Waals surface area contributed by atoms with Crippen molar-refractivity contribution in [3.8, 4) is 11.1 Å². The third-order valence-electron chi connectivity index (χ3n) is 12.3. The van der Waals surface area contributed by atoms with Crippen molar-refractivity contribution in [3.05, 3.63) is 191 Å². The molecule has 3 aromatic carbocycles. The summed E-state index contributed by atoms with van der Waals surface area (Å²) in [6.07, 6.45) is 29.3. The summed E-state index contributed by atoms with van der Waals surface area (Å²) >= 11 is 1.98. The molecule has 4 aromatic rings. The standard InChI is InChI=1S/C51H51NS/c1-10-14-18-37-19-16-20-42(34(37)5)39-26-30-41(31-27-39)52(40-28-24-38(25-29-40)36(12-3)13-4)46-23-17-21-43-44-32-33-51(9)47(49(44)53-48(43)46)35(6)45(22-15-11-2)50(51,7)8/h10-24,26-33,38,47H,1-3,25H2,4-9H3/b18-14-,22-15-,36-13+. The lowest BCUT2D eigenvalue weighted by Gasteiger charge is -2.43. The van der Waals surface area contributed by atoms with Gasteiger partial charge in [0.2, 0.25) is 0 Å². The van der Waals surface area contributed by atoms with E-state index >= 15 is 0 Å². The minimum atomic E-state index is -0.0301. The molecule has 0 spiro atoms. The highest BCUT2D eigenvalue weighted by Crippen LogP contribution is 2.67. The highest BCUT2D eigenvalue weighted by Gasteiger charge is 2.55. The molecule has 53 heavy (non-hydrogen) atoms. The van der Waals surface area contributed by atoms with Crippen molar-refractivity contribution in [3.63, 3.8) is 0 Å². The number of fused-ring (bicyclic) bond motifs is 5. The van der Waals surface area contributed by atoms with Crippen LogP contribution < -0.4 is 4.90 Å². The number of hydrogen-bond acceptors (Lipinski definition) is 2. The van der Waals surface area contributed by atoms with E-state index < -0.39 is 0 Å². The van der Waals surface area contributed by atoms with Gasteiger partial charge in [-0.1, -0.05) is 161 Å². The van der Waals surface area contributed by atoms with Crippen molar-refractivity contribution >= 4 is 44.9 Å². The summed E-state index contributed by atoms with van der Waals surface area (Å²) in [7, 11) is 0. The van der Waals surface area contributed by atoms with Crippen LogP contribution in [0.25, 0.3) is 33.4 Å². The second-order valence-corrected chi connectivity index (χ2v) is 16.3. The fraction of sp³-hybridized carbons (Fsp3) is 0.216. The van der Waals surface area contributed by atoms with Crippen LogP contribution in [-0.4, -0.2) is 0 Å². The van der Waals surface area contributed by atoms with Crippen molar-refractivity contribution < 1.29 is 0 Å². The Kier molecular flexibility index (Phi) is 9.79. The van der Waals surface area contributed by atoms with Gasteiger partial charge in [-0.25, -0.2) is 0 Å². The first kappa shape index (κ1) is 36.2. The molecule has 7 rings (SSSR count). The van der Waals surface area contributed by atoms with E-state index in [0.717, 1.165) is 12.1 Å². The molecule has 0 fully saturated rings. The largest absolute Gasteiger partial charge is 0.309 e. The Hall–Kier alpha value is -5.18. The van der Waals surface area contributed by atoms with Gasteiger partial charge in [0.15, 0.2) is 0 Å². The molecule has 0 bridgehead atoms. The maximum Gasteiger partial charge on any atom is 0.0640 e. The smallest absolute Gasteiger partial charge is 0.0640 e. The molecule has 0 saturated carbocycles. The Morgan fingerprint density at radius 2 is 1.62 bits per heavy atom. The zero-order valence-corrected chi connectivity index (χ0v) is 32.9. The van der Waals surface area contributed by atoms with Crippen LogP contribution in [0.5, 0.6) is 0 Å². The summed E-state index contributed by atoms with van der Waals surface area (Å²) in [5.41, 5.74) is 13.9. The Labute approximate surface area is 321 Å². The maximum atomic E-state index is 4.09. The first-order valence-corrected chi connectivity index (χ1v) is 19.6. The summed E-state index contributed by atoms with van der Waals surface area (Å²) in [6.45, 7) is 25.8. The van der Waals surface area contributed by atoms with Gasteiger partial charge >= 0.3 is 0 Å². The van der Waals surface area contributed by atoms with Crippen LogP contribution in [0.15, 0.2) is 170 Å². The van der Waals surface area contributed by atoms with Crippen LogP contribution in [0.4, 0.5) is 11.4 Å². The first-order valence-electron chi connectivity index (χ1n) is 18.8. The predicted molar refractivity (Wildman–Crippen MR) is 235 cm³/mol. The van der Waals surface area contributed by atoms with Gasteiger partial charge in [0, 0.05) is 38.9 Å². The number of anilines is 2.